The van der Waals surface area contributed by atoms with Crippen LogP contribution in [0.5, 0.6) is 0 Å². The molecule has 0 saturated carbocycles. The van der Waals surface area contributed by atoms with Crippen molar-refractivity contribution in [2.75, 3.05) is 6.54 Å². The second-order valence-corrected chi connectivity index (χ2v) is 2.12. The molecule has 0 bridgehead atoms. The zero-order valence-corrected chi connectivity index (χ0v) is 7.15. The Morgan fingerprint density at radius 3 is 2.50 bits per heavy atom. The van der Waals surface area contributed by atoms with E-state index in [1.165, 1.54) is 5.70 Å². The van der Waals surface area contributed by atoms with Crippen LogP contribution in [0.2, 0.25) is 0 Å². The van der Waals surface area contributed by atoms with E-state index in [0.717, 1.165) is 13.0 Å². The maximum absolute atomic E-state index is 3.29. The van der Waals surface area contributed by atoms with Gasteiger partial charge in [0.15, 0.2) is 0 Å². The highest BCUT2D eigenvalue weighted by molar-refractivity contribution is 4.98. The first kappa shape index (κ1) is 9.28. The Kier molecular flexibility index (Phi) is 5.94. The summed E-state index contributed by atoms with van der Waals surface area (Å²) in [6.45, 7) is 7.19. The van der Waals surface area contributed by atoms with Crippen molar-refractivity contribution < 1.29 is 0 Å². The van der Waals surface area contributed by atoms with Crippen molar-refractivity contribution in [1.29, 1.82) is 0 Å². The molecule has 1 N–H and O–H groups in total. The molecule has 0 atom stereocenters. The summed E-state index contributed by atoms with van der Waals surface area (Å²) in [6.07, 6.45) is 7.37. The van der Waals surface area contributed by atoms with Gasteiger partial charge in [-0.05, 0) is 20.3 Å². The summed E-state index contributed by atoms with van der Waals surface area (Å²) in [4.78, 5) is 0. The molecule has 0 heterocycles. The molecule has 0 rings (SSSR count). The third kappa shape index (κ3) is 4.19. The van der Waals surface area contributed by atoms with E-state index in [0.29, 0.717) is 0 Å². The normalized spacial score (nSPS) is 12.5. The monoisotopic (exact) mass is 139 g/mol. The van der Waals surface area contributed by atoms with Crippen LogP contribution in [-0.2, 0) is 0 Å². The van der Waals surface area contributed by atoms with Gasteiger partial charge in [-0.1, -0.05) is 25.2 Å². The van der Waals surface area contributed by atoms with Crippen molar-refractivity contribution >= 4 is 0 Å². The van der Waals surface area contributed by atoms with Gasteiger partial charge in [-0.3, -0.25) is 0 Å². The Bertz CT molecular complexity index is 123. The van der Waals surface area contributed by atoms with E-state index >= 15 is 0 Å². The average Bonchev–Trinajstić information content (AvgIpc) is 1.99. The molecule has 0 aromatic rings. The highest BCUT2D eigenvalue weighted by atomic mass is 14.9. The van der Waals surface area contributed by atoms with Crippen molar-refractivity contribution in [3.05, 3.63) is 23.9 Å². The summed E-state index contributed by atoms with van der Waals surface area (Å²) >= 11 is 0. The lowest BCUT2D eigenvalue weighted by Gasteiger charge is -2.03. The van der Waals surface area contributed by atoms with E-state index in [4.69, 9.17) is 0 Å². The molecule has 0 aromatic carbocycles. The maximum atomic E-state index is 3.29. The number of rotatable bonds is 4. The average molecular weight is 139 g/mol. The van der Waals surface area contributed by atoms with Crippen LogP contribution in [0.1, 0.15) is 27.2 Å². The lowest BCUT2D eigenvalue weighted by atomic mass is 10.3. The Morgan fingerprint density at radius 2 is 2.10 bits per heavy atom. The van der Waals surface area contributed by atoms with Crippen LogP contribution in [0.3, 0.4) is 0 Å². The topological polar surface area (TPSA) is 12.0 Å². The van der Waals surface area contributed by atoms with E-state index in [1.54, 1.807) is 0 Å². The van der Waals surface area contributed by atoms with E-state index in [9.17, 15) is 0 Å². The molecule has 1 heteroatoms. The number of hydrogen-bond acceptors (Lipinski definition) is 1. The molecule has 0 aliphatic rings. The number of nitrogens with one attached hydrogen (secondary N) is 1. The summed E-state index contributed by atoms with van der Waals surface area (Å²) in [6, 6.07) is 0. The van der Waals surface area contributed by atoms with Gasteiger partial charge in [0.2, 0.25) is 0 Å². The summed E-state index contributed by atoms with van der Waals surface area (Å²) < 4.78 is 0. The first-order chi connectivity index (χ1) is 4.85. The molecular weight excluding hydrogens is 122 g/mol. The van der Waals surface area contributed by atoms with Crippen molar-refractivity contribution in [3.63, 3.8) is 0 Å². The smallest absolute Gasteiger partial charge is 0.0327 e. The van der Waals surface area contributed by atoms with Gasteiger partial charge in [-0.15, -0.1) is 0 Å². The van der Waals surface area contributed by atoms with Gasteiger partial charge in [0.05, 0.1) is 0 Å². The van der Waals surface area contributed by atoms with Gasteiger partial charge < -0.3 is 5.32 Å². The van der Waals surface area contributed by atoms with Gasteiger partial charge in [0, 0.05) is 12.2 Å². The fourth-order valence-electron chi connectivity index (χ4n) is 0.739. The van der Waals surface area contributed by atoms with Crippen molar-refractivity contribution in [2.24, 2.45) is 0 Å². The van der Waals surface area contributed by atoms with Crippen LogP contribution in [-0.4, -0.2) is 6.54 Å². The maximum Gasteiger partial charge on any atom is 0.0327 e. The van der Waals surface area contributed by atoms with Gasteiger partial charge in [-0.2, -0.15) is 0 Å². The quantitative estimate of drug-likeness (QED) is 0.590. The first-order valence-corrected chi connectivity index (χ1v) is 3.85. The molecule has 0 radical (unpaired) electrons. The molecule has 0 fully saturated rings. The first-order valence-electron chi connectivity index (χ1n) is 3.85. The fraction of sp³-hybridized carbons (Fsp3) is 0.556. The molecule has 0 amide bonds. The summed E-state index contributed by atoms with van der Waals surface area (Å²) in [5.41, 5.74) is 1.32. The van der Waals surface area contributed by atoms with E-state index in [1.807, 2.05) is 6.92 Å². The second-order valence-electron chi connectivity index (χ2n) is 2.12. The molecule has 10 heavy (non-hydrogen) atoms. The van der Waals surface area contributed by atoms with Crippen LogP contribution >= 0.6 is 0 Å². The molecule has 0 aromatic heterocycles. The molecule has 1 nitrogen and oxygen atoms in total. The van der Waals surface area contributed by atoms with Crippen molar-refractivity contribution in [2.45, 2.75) is 27.2 Å². The summed E-state index contributed by atoms with van der Waals surface area (Å²) in [5.74, 6) is 0. The van der Waals surface area contributed by atoms with Crippen LogP contribution in [0.15, 0.2) is 23.9 Å². The lowest BCUT2D eigenvalue weighted by molar-refractivity contribution is 0.839. The van der Waals surface area contributed by atoms with E-state index in [2.05, 4.69) is 37.4 Å². The van der Waals surface area contributed by atoms with Gasteiger partial charge in [0.1, 0.15) is 0 Å². The fourth-order valence-corrected chi connectivity index (χ4v) is 0.739. The molecule has 0 saturated heterocycles. The van der Waals surface area contributed by atoms with Crippen LogP contribution in [0.25, 0.3) is 0 Å². The molecular formula is C9H17N. The summed E-state index contributed by atoms with van der Waals surface area (Å²) in [5, 5.41) is 3.29. The Balaban J connectivity index is 3.46. The predicted octanol–water partition coefficient (Wildman–Crippen LogP) is 2.47. The minimum absolute atomic E-state index is 0.948. The zero-order chi connectivity index (χ0) is 7.82. The predicted molar refractivity (Wildman–Crippen MR) is 46.9 cm³/mol. The van der Waals surface area contributed by atoms with Gasteiger partial charge in [-0.25, -0.2) is 0 Å². The Labute approximate surface area is 63.8 Å². The molecule has 58 valence electrons. The molecule has 0 aliphatic heterocycles. The SMILES string of the molecule is C/C=C\CN/C(=C\C)CC. The number of hydrogen-bond donors (Lipinski definition) is 1. The Hall–Kier alpha value is -0.720. The van der Waals surface area contributed by atoms with Crippen LogP contribution < -0.4 is 5.32 Å². The van der Waals surface area contributed by atoms with E-state index < -0.39 is 0 Å². The molecule has 0 unspecified atom stereocenters. The lowest BCUT2D eigenvalue weighted by Crippen LogP contribution is -2.11. The van der Waals surface area contributed by atoms with Crippen LogP contribution in [0, 0.1) is 0 Å². The zero-order valence-electron chi connectivity index (χ0n) is 7.15. The second kappa shape index (κ2) is 6.40. The summed E-state index contributed by atoms with van der Waals surface area (Å²) in [7, 11) is 0. The highest BCUT2D eigenvalue weighted by Crippen LogP contribution is 1.92. The standard InChI is InChI=1S/C9H17N/c1-4-7-8-10-9(5-2)6-3/h4-5,7,10H,6,8H2,1-3H3/b7-4-,9-5-. The minimum Gasteiger partial charge on any atom is -0.385 e. The third-order valence-electron chi connectivity index (χ3n) is 1.41. The van der Waals surface area contributed by atoms with E-state index in [-0.39, 0.29) is 0 Å². The van der Waals surface area contributed by atoms with Crippen molar-refractivity contribution in [1.82, 2.24) is 5.32 Å². The molecule has 0 aliphatic carbocycles. The van der Waals surface area contributed by atoms with Crippen LogP contribution in [0.4, 0.5) is 0 Å². The third-order valence-corrected chi connectivity index (χ3v) is 1.41. The Morgan fingerprint density at radius 1 is 1.40 bits per heavy atom. The van der Waals surface area contributed by atoms with Gasteiger partial charge >= 0.3 is 0 Å². The van der Waals surface area contributed by atoms with Crippen molar-refractivity contribution in [3.8, 4) is 0 Å². The van der Waals surface area contributed by atoms with Gasteiger partial charge in [0.25, 0.3) is 0 Å². The minimum atomic E-state index is 0.948. The largest absolute Gasteiger partial charge is 0.385 e. The number of allylic oxidation sites excluding steroid dienone is 3. The highest BCUT2D eigenvalue weighted by Gasteiger charge is 1.85. The molecule has 0 spiro atoms.